The number of carbonyl (C=O) groups excluding carboxylic acids is 2. The summed E-state index contributed by atoms with van der Waals surface area (Å²) < 4.78 is 4.96. The fourth-order valence-electron chi connectivity index (χ4n) is 2.09. The standard InChI is InChI=1S/C17H14N2O3S/c1-11-4-6-12(7-5-11)13-8-10-23-15(13)17(21)19-18-16(20)14-3-2-9-22-14/h2-10H,1H3,(H,18,20)(H,19,21). The van der Waals surface area contributed by atoms with Gasteiger partial charge in [0.25, 0.3) is 5.91 Å². The maximum Gasteiger partial charge on any atom is 0.305 e. The normalized spacial score (nSPS) is 10.3. The lowest BCUT2D eigenvalue weighted by atomic mass is 10.1. The minimum Gasteiger partial charge on any atom is -0.459 e. The molecule has 2 N–H and O–H groups in total. The van der Waals surface area contributed by atoms with Crippen LogP contribution < -0.4 is 10.9 Å². The van der Waals surface area contributed by atoms with E-state index in [4.69, 9.17) is 4.42 Å². The lowest BCUT2D eigenvalue weighted by Gasteiger charge is -2.07. The lowest BCUT2D eigenvalue weighted by molar-refractivity contribution is 0.0833. The number of benzene rings is 1. The number of nitrogens with one attached hydrogen (secondary N) is 2. The van der Waals surface area contributed by atoms with Crippen molar-refractivity contribution in [2.45, 2.75) is 6.92 Å². The number of hydrogen-bond acceptors (Lipinski definition) is 4. The summed E-state index contributed by atoms with van der Waals surface area (Å²) in [6, 6.07) is 12.9. The molecule has 3 rings (SSSR count). The summed E-state index contributed by atoms with van der Waals surface area (Å²) in [7, 11) is 0. The summed E-state index contributed by atoms with van der Waals surface area (Å²) >= 11 is 1.32. The topological polar surface area (TPSA) is 71.3 Å². The third-order valence-corrected chi connectivity index (χ3v) is 4.18. The van der Waals surface area contributed by atoms with Crippen LogP contribution in [0.3, 0.4) is 0 Å². The van der Waals surface area contributed by atoms with E-state index in [9.17, 15) is 9.59 Å². The van der Waals surface area contributed by atoms with Gasteiger partial charge in [0.15, 0.2) is 5.76 Å². The van der Waals surface area contributed by atoms with Crippen molar-refractivity contribution in [2.75, 3.05) is 0 Å². The molecule has 0 aliphatic carbocycles. The van der Waals surface area contributed by atoms with Gasteiger partial charge < -0.3 is 4.42 Å². The Hall–Kier alpha value is -2.86. The van der Waals surface area contributed by atoms with Crippen LogP contribution in [0.1, 0.15) is 25.8 Å². The number of furan rings is 1. The number of amides is 2. The van der Waals surface area contributed by atoms with E-state index in [-0.39, 0.29) is 11.7 Å². The second-order valence-corrected chi connectivity index (χ2v) is 5.83. The van der Waals surface area contributed by atoms with Gasteiger partial charge in [0, 0.05) is 5.56 Å². The van der Waals surface area contributed by atoms with E-state index < -0.39 is 5.91 Å². The van der Waals surface area contributed by atoms with E-state index in [1.165, 1.54) is 23.7 Å². The van der Waals surface area contributed by atoms with E-state index in [0.717, 1.165) is 16.7 Å². The fourth-order valence-corrected chi connectivity index (χ4v) is 2.90. The average molecular weight is 326 g/mol. The molecule has 2 aromatic heterocycles. The monoisotopic (exact) mass is 326 g/mol. The first kappa shape index (κ1) is 15.1. The molecule has 0 aliphatic rings. The van der Waals surface area contributed by atoms with Crippen LogP contribution >= 0.6 is 11.3 Å². The predicted molar refractivity (Wildman–Crippen MR) is 88.1 cm³/mol. The second-order valence-electron chi connectivity index (χ2n) is 4.91. The van der Waals surface area contributed by atoms with Crippen molar-refractivity contribution in [3.8, 4) is 11.1 Å². The smallest absolute Gasteiger partial charge is 0.305 e. The molecule has 0 atom stereocenters. The molecule has 0 saturated carbocycles. The Morgan fingerprint density at radius 2 is 1.74 bits per heavy atom. The van der Waals surface area contributed by atoms with Crippen LogP contribution in [0.5, 0.6) is 0 Å². The Morgan fingerprint density at radius 1 is 1.00 bits per heavy atom. The van der Waals surface area contributed by atoms with Crippen molar-refractivity contribution < 1.29 is 14.0 Å². The Morgan fingerprint density at radius 3 is 2.43 bits per heavy atom. The van der Waals surface area contributed by atoms with Gasteiger partial charge in [-0.2, -0.15) is 0 Å². The third kappa shape index (κ3) is 3.32. The van der Waals surface area contributed by atoms with Crippen LogP contribution in [0.25, 0.3) is 11.1 Å². The molecule has 5 nitrogen and oxygen atoms in total. The lowest BCUT2D eigenvalue weighted by Crippen LogP contribution is -2.41. The molecule has 116 valence electrons. The van der Waals surface area contributed by atoms with Gasteiger partial charge >= 0.3 is 5.91 Å². The molecular formula is C17H14N2O3S. The highest BCUT2D eigenvalue weighted by atomic mass is 32.1. The van der Waals surface area contributed by atoms with E-state index in [2.05, 4.69) is 10.9 Å². The van der Waals surface area contributed by atoms with Gasteiger partial charge in [0.05, 0.1) is 6.26 Å². The van der Waals surface area contributed by atoms with Gasteiger partial charge in [0.2, 0.25) is 0 Å². The fraction of sp³-hybridized carbons (Fsp3) is 0.0588. The van der Waals surface area contributed by atoms with Crippen molar-refractivity contribution in [1.29, 1.82) is 0 Å². The number of rotatable bonds is 3. The van der Waals surface area contributed by atoms with E-state index in [1.54, 1.807) is 6.07 Å². The van der Waals surface area contributed by atoms with Gasteiger partial charge in [0.1, 0.15) is 4.88 Å². The van der Waals surface area contributed by atoms with Crippen LogP contribution in [0, 0.1) is 6.92 Å². The summed E-state index contributed by atoms with van der Waals surface area (Å²) in [4.78, 5) is 24.6. The largest absolute Gasteiger partial charge is 0.459 e. The molecule has 0 bridgehead atoms. The highest BCUT2D eigenvalue weighted by Gasteiger charge is 2.16. The summed E-state index contributed by atoms with van der Waals surface area (Å²) in [5, 5.41) is 1.85. The molecule has 0 saturated heterocycles. The van der Waals surface area contributed by atoms with Crippen molar-refractivity contribution in [2.24, 2.45) is 0 Å². The molecule has 0 unspecified atom stereocenters. The predicted octanol–water partition coefficient (Wildman–Crippen LogP) is 3.39. The SMILES string of the molecule is Cc1ccc(-c2ccsc2C(=O)NNC(=O)c2ccco2)cc1. The van der Waals surface area contributed by atoms with Gasteiger partial charge in [-0.15, -0.1) is 11.3 Å². The van der Waals surface area contributed by atoms with Crippen LogP contribution in [-0.4, -0.2) is 11.8 Å². The summed E-state index contributed by atoms with van der Waals surface area (Å²) in [6.45, 7) is 2.01. The molecule has 0 spiro atoms. The molecular weight excluding hydrogens is 312 g/mol. The minimum atomic E-state index is -0.503. The summed E-state index contributed by atoms with van der Waals surface area (Å²) in [6.07, 6.45) is 1.39. The Balaban J connectivity index is 1.72. The van der Waals surface area contributed by atoms with E-state index in [1.807, 2.05) is 42.6 Å². The number of thiophene rings is 1. The molecule has 2 amide bonds. The number of aryl methyl sites for hydroxylation is 1. The first-order valence-electron chi connectivity index (χ1n) is 6.94. The summed E-state index contributed by atoms with van der Waals surface area (Å²) in [5.74, 6) is -0.734. The number of hydrazine groups is 1. The van der Waals surface area contributed by atoms with Gasteiger partial charge in [-0.3, -0.25) is 20.4 Å². The molecule has 2 heterocycles. The molecule has 3 aromatic rings. The van der Waals surface area contributed by atoms with Crippen molar-refractivity contribution in [3.63, 3.8) is 0 Å². The first-order valence-corrected chi connectivity index (χ1v) is 7.82. The maximum absolute atomic E-state index is 12.3. The van der Waals surface area contributed by atoms with E-state index in [0.29, 0.717) is 4.88 Å². The third-order valence-electron chi connectivity index (χ3n) is 3.27. The first-order chi connectivity index (χ1) is 11.1. The quantitative estimate of drug-likeness (QED) is 0.725. The molecule has 0 radical (unpaired) electrons. The van der Waals surface area contributed by atoms with Crippen molar-refractivity contribution in [1.82, 2.24) is 10.9 Å². The Labute approximate surface area is 136 Å². The molecule has 6 heteroatoms. The zero-order chi connectivity index (χ0) is 16.2. The second kappa shape index (κ2) is 6.50. The van der Waals surface area contributed by atoms with Gasteiger partial charge in [-0.1, -0.05) is 29.8 Å². The highest BCUT2D eigenvalue weighted by Crippen LogP contribution is 2.28. The molecule has 1 aromatic carbocycles. The minimum absolute atomic E-state index is 0.134. The van der Waals surface area contributed by atoms with Gasteiger partial charge in [-0.05, 0) is 36.1 Å². The molecule has 0 aliphatic heterocycles. The number of carbonyl (C=O) groups is 2. The molecule has 23 heavy (non-hydrogen) atoms. The number of hydrogen-bond donors (Lipinski definition) is 2. The van der Waals surface area contributed by atoms with Crippen molar-refractivity contribution >= 4 is 23.2 Å². The zero-order valence-electron chi connectivity index (χ0n) is 12.3. The van der Waals surface area contributed by atoms with E-state index >= 15 is 0 Å². The molecule has 0 fully saturated rings. The van der Waals surface area contributed by atoms with Crippen molar-refractivity contribution in [3.05, 3.63) is 70.3 Å². The van der Waals surface area contributed by atoms with Crippen LogP contribution in [0.4, 0.5) is 0 Å². The zero-order valence-corrected chi connectivity index (χ0v) is 13.1. The Bertz CT molecular complexity index is 820. The highest BCUT2D eigenvalue weighted by molar-refractivity contribution is 7.12. The van der Waals surface area contributed by atoms with Gasteiger partial charge in [-0.25, -0.2) is 0 Å². The summed E-state index contributed by atoms with van der Waals surface area (Å²) in [5.41, 5.74) is 7.69. The Kier molecular flexibility index (Phi) is 4.25. The maximum atomic E-state index is 12.3. The van der Waals surface area contributed by atoms with Crippen LogP contribution in [-0.2, 0) is 0 Å². The van der Waals surface area contributed by atoms with Crippen LogP contribution in [0.15, 0.2) is 58.5 Å². The van der Waals surface area contributed by atoms with Crippen LogP contribution in [0.2, 0.25) is 0 Å². The average Bonchev–Trinajstić information content (AvgIpc) is 3.24.